The number of nitrogens with one attached hydrogen (secondary N) is 2. The highest BCUT2D eigenvalue weighted by Gasteiger charge is 2.20. The van der Waals surface area contributed by atoms with Gasteiger partial charge in [-0.3, -0.25) is 9.52 Å². The normalized spacial score (nSPS) is 12.3. The quantitative estimate of drug-likeness (QED) is 0.473. The maximum Gasteiger partial charge on any atom is 0.262 e. The molecule has 0 heterocycles. The Balaban J connectivity index is 1.78. The Hall–Kier alpha value is -3.39. The minimum atomic E-state index is -4.09. The van der Waals surface area contributed by atoms with Crippen LogP contribution in [0.15, 0.2) is 71.6 Å². The molecule has 1 unspecified atom stereocenters. The molecule has 0 aromatic heterocycles. The topological polar surface area (TPSA) is 84.5 Å². The van der Waals surface area contributed by atoms with Crippen molar-refractivity contribution in [2.75, 3.05) is 4.72 Å². The van der Waals surface area contributed by atoms with Gasteiger partial charge in [0.15, 0.2) is 0 Å². The van der Waals surface area contributed by atoms with Crippen molar-refractivity contribution < 1.29 is 22.3 Å². The first-order valence-electron chi connectivity index (χ1n) is 10.5. The maximum atomic E-state index is 13.9. The smallest absolute Gasteiger partial charge is 0.262 e. The van der Waals surface area contributed by atoms with Crippen molar-refractivity contribution >= 4 is 21.6 Å². The monoisotopic (exact) mass is 470 g/mol. The van der Waals surface area contributed by atoms with Gasteiger partial charge in [-0.05, 0) is 75.2 Å². The van der Waals surface area contributed by atoms with E-state index >= 15 is 0 Å². The number of carbonyl (C=O) groups excluding carboxylic acids is 1. The summed E-state index contributed by atoms with van der Waals surface area (Å²) >= 11 is 0. The summed E-state index contributed by atoms with van der Waals surface area (Å²) in [6.45, 7) is 7.45. The minimum Gasteiger partial charge on any atom is -0.491 e. The molecule has 0 aliphatic carbocycles. The van der Waals surface area contributed by atoms with Crippen LogP contribution in [0.3, 0.4) is 0 Å². The summed E-state index contributed by atoms with van der Waals surface area (Å²) in [6, 6.07) is 16.8. The van der Waals surface area contributed by atoms with E-state index in [1.54, 1.807) is 13.0 Å². The standard InChI is InChI=1S/C25H27FN2O4S/c1-16(2)32-20-12-10-19(11-13-20)18(4)27-25(29)22-15-21(14-9-17(22)3)33(30,31)28-24-8-6-5-7-23(24)26/h5-16,18,28H,1-4H3,(H,27,29). The second-order valence-corrected chi connectivity index (χ2v) is 9.68. The summed E-state index contributed by atoms with van der Waals surface area (Å²) in [5.41, 5.74) is 1.55. The second-order valence-electron chi connectivity index (χ2n) is 7.99. The fourth-order valence-corrected chi connectivity index (χ4v) is 4.32. The Morgan fingerprint density at radius 3 is 2.27 bits per heavy atom. The number of benzene rings is 3. The lowest BCUT2D eigenvalue weighted by molar-refractivity contribution is 0.0939. The summed E-state index contributed by atoms with van der Waals surface area (Å²) in [4.78, 5) is 12.8. The number of anilines is 1. The molecule has 0 radical (unpaired) electrons. The highest BCUT2D eigenvalue weighted by atomic mass is 32.2. The van der Waals surface area contributed by atoms with E-state index in [9.17, 15) is 17.6 Å². The fourth-order valence-electron chi connectivity index (χ4n) is 3.23. The van der Waals surface area contributed by atoms with Crippen molar-refractivity contribution in [1.82, 2.24) is 5.32 Å². The van der Waals surface area contributed by atoms with Gasteiger partial charge in [-0.1, -0.05) is 30.3 Å². The van der Waals surface area contributed by atoms with Crippen LogP contribution < -0.4 is 14.8 Å². The number of carbonyl (C=O) groups is 1. The number of sulfonamides is 1. The molecule has 8 heteroatoms. The predicted octanol–water partition coefficient (Wildman–Crippen LogP) is 5.21. The van der Waals surface area contributed by atoms with Gasteiger partial charge in [-0.25, -0.2) is 12.8 Å². The van der Waals surface area contributed by atoms with Crippen molar-refractivity contribution in [3.05, 3.63) is 89.2 Å². The number of aryl methyl sites for hydroxylation is 1. The van der Waals surface area contributed by atoms with Crippen LogP contribution in [0.25, 0.3) is 0 Å². The summed E-state index contributed by atoms with van der Waals surface area (Å²) in [7, 11) is -4.09. The number of para-hydroxylation sites is 1. The molecular formula is C25H27FN2O4S. The van der Waals surface area contributed by atoms with E-state index in [4.69, 9.17) is 4.74 Å². The molecule has 2 N–H and O–H groups in total. The van der Waals surface area contributed by atoms with Gasteiger partial charge in [-0.2, -0.15) is 0 Å². The Labute approximate surface area is 193 Å². The Morgan fingerprint density at radius 1 is 0.970 bits per heavy atom. The number of halogens is 1. The van der Waals surface area contributed by atoms with Gasteiger partial charge in [-0.15, -0.1) is 0 Å². The number of hydrogen-bond acceptors (Lipinski definition) is 4. The lowest BCUT2D eigenvalue weighted by Crippen LogP contribution is -2.27. The molecule has 0 aliphatic rings. The SMILES string of the molecule is Cc1ccc(S(=O)(=O)Nc2ccccc2F)cc1C(=O)NC(C)c1ccc(OC(C)C)cc1. The van der Waals surface area contributed by atoms with Gasteiger partial charge in [0.25, 0.3) is 15.9 Å². The molecule has 1 atom stereocenters. The van der Waals surface area contributed by atoms with E-state index in [1.165, 1.54) is 30.3 Å². The first-order chi connectivity index (χ1) is 15.6. The largest absolute Gasteiger partial charge is 0.491 e. The summed E-state index contributed by atoms with van der Waals surface area (Å²) in [6.07, 6.45) is 0.0624. The van der Waals surface area contributed by atoms with Crippen LogP contribution in [0.5, 0.6) is 5.75 Å². The van der Waals surface area contributed by atoms with Crippen LogP contribution in [-0.4, -0.2) is 20.4 Å². The van der Waals surface area contributed by atoms with Gasteiger partial charge in [0.1, 0.15) is 11.6 Å². The predicted molar refractivity (Wildman–Crippen MR) is 126 cm³/mol. The summed E-state index contributed by atoms with van der Waals surface area (Å²) < 4.78 is 47.3. The van der Waals surface area contributed by atoms with Gasteiger partial charge in [0.05, 0.1) is 22.7 Å². The number of hydrogen-bond donors (Lipinski definition) is 2. The molecule has 0 saturated heterocycles. The molecule has 174 valence electrons. The molecule has 3 rings (SSSR count). The van der Waals surface area contributed by atoms with E-state index in [0.717, 1.165) is 17.4 Å². The average molecular weight is 471 g/mol. The number of rotatable bonds is 8. The van der Waals surface area contributed by atoms with Crippen molar-refractivity contribution in [3.63, 3.8) is 0 Å². The third-order valence-corrected chi connectivity index (χ3v) is 6.34. The summed E-state index contributed by atoms with van der Waals surface area (Å²) in [5, 5.41) is 2.90. The third kappa shape index (κ3) is 6.10. The molecule has 3 aromatic carbocycles. The zero-order chi connectivity index (χ0) is 24.2. The molecule has 0 spiro atoms. The summed E-state index contributed by atoms with van der Waals surface area (Å²) in [5.74, 6) is -0.362. The van der Waals surface area contributed by atoms with E-state index in [0.29, 0.717) is 5.56 Å². The first-order valence-corrected chi connectivity index (χ1v) is 12.0. The van der Waals surface area contributed by atoms with E-state index in [1.807, 2.05) is 45.0 Å². The lowest BCUT2D eigenvalue weighted by Gasteiger charge is -2.17. The van der Waals surface area contributed by atoms with Gasteiger partial charge >= 0.3 is 0 Å². The van der Waals surface area contributed by atoms with Crippen molar-refractivity contribution in [2.45, 2.75) is 44.7 Å². The molecule has 0 saturated carbocycles. The molecule has 0 bridgehead atoms. The Morgan fingerprint density at radius 2 is 1.64 bits per heavy atom. The van der Waals surface area contributed by atoms with Gasteiger partial charge in [0.2, 0.25) is 0 Å². The van der Waals surface area contributed by atoms with Crippen LogP contribution in [0.2, 0.25) is 0 Å². The zero-order valence-electron chi connectivity index (χ0n) is 18.9. The zero-order valence-corrected chi connectivity index (χ0v) is 19.7. The first kappa shape index (κ1) is 24.3. The van der Waals surface area contributed by atoms with Crippen molar-refractivity contribution in [3.8, 4) is 5.75 Å². The fraction of sp³-hybridized carbons (Fsp3) is 0.240. The van der Waals surface area contributed by atoms with Crippen LogP contribution in [0.1, 0.15) is 48.3 Å². The van der Waals surface area contributed by atoms with E-state index in [2.05, 4.69) is 10.0 Å². The molecule has 1 amide bonds. The van der Waals surface area contributed by atoms with E-state index < -0.39 is 21.7 Å². The molecule has 0 aliphatic heterocycles. The molecule has 0 fully saturated rings. The highest BCUT2D eigenvalue weighted by molar-refractivity contribution is 7.92. The number of ether oxygens (including phenoxy) is 1. The molecular weight excluding hydrogens is 443 g/mol. The molecule has 6 nitrogen and oxygen atoms in total. The second kappa shape index (κ2) is 10.0. The van der Waals surface area contributed by atoms with Crippen LogP contribution in [0.4, 0.5) is 10.1 Å². The molecule has 3 aromatic rings. The van der Waals surface area contributed by atoms with Crippen molar-refractivity contribution in [2.24, 2.45) is 0 Å². The van der Waals surface area contributed by atoms with E-state index in [-0.39, 0.29) is 28.3 Å². The Kier molecular flexibility index (Phi) is 7.38. The lowest BCUT2D eigenvalue weighted by atomic mass is 10.1. The van der Waals surface area contributed by atoms with Crippen molar-refractivity contribution in [1.29, 1.82) is 0 Å². The molecule has 33 heavy (non-hydrogen) atoms. The van der Waals surface area contributed by atoms with Gasteiger partial charge in [0, 0.05) is 5.56 Å². The maximum absolute atomic E-state index is 13.9. The van der Waals surface area contributed by atoms with Crippen LogP contribution in [-0.2, 0) is 10.0 Å². The van der Waals surface area contributed by atoms with Crippen LogP contribution >= 0.6 is 0 Å². The highest BCUT2D eigenvalue weighted by Crippen LogP contribution is 2.23. The average Bonchev–Trinajstić information content (AvgIpc) is 2.75. The number of amides is 1. The minimum absolute atomic E-state index is 0.0624. The van der Waals surface area contributed by atoms with Gasteiger partial charge < -0.3 is 10.1 Å². The Bertz CT molecular complexity index is 1240. The third-order valence-electron chi connectivity index (χ3n) is 4.98. The van der Waals surface area contributed by atoms with Crippen LogP contribution in [0, 0.1) is 12.7 Å².